The van der Waals surface area contributed by atoms with Crippen LogP contribution in [0.15, 0.2) is 34.7 Å². The van der Waals surface area contributed by atoms with E-state index in [-0.39, 0.29) is 43.2 Å². The predicted octanol–water partition coefficient (Wildman–Crippen LogP) is 3.67. The molecule has 3 N–H and O–H groups in total. The van der Waals surface area contributed by atoms with Crippen molar-refractivity contribution >= 4 is 30.7 Å². The third-order valence-electron chi connectivity index (χ3n) is 4.80. The minimum absolute atomic E-state index is 0. The van der Waals surface area contributed by atoms with Crippen molar-refractivity contribution in [3.63, 3.8) is 0 Å². The third-order valence-corrected chi connectivity index (χ3v) is 4.80. The Morgan fingerprint density at radius 1 is 1.23 bits per heavy atom. The highest BCUT2D eigenvalue weighted by Crippen LogP contribution is 2.24. The lowest BCUT2D eigenvalue weighted by Gasteiger charge is -2.31. The monoisotopic (exact) mass is 399 g/mol. The number of nitrogens with one attached hydrogen (secondary N) is 1. The number of rotatable bonds is 5. The SMILES string of the molecule is Cc1oc(-c2ccccc2)nc1CC(=O)NC1CCCCC1CN.Cl.Cl. The molecule has 1 fully saturated rings. The summed E-state index contributed by atoms with van der Waals surface area (Å²) in [6, 6.07) is 9.92. The summed E-state index contributed by atoms with van der Waals surface area (Å²) in [7, 11) is 0. The number of hydrogen-bond donors (Lipinski definition) is 2. The highest BCUT2D eigenvalue weighted by molar-refractivity contribution is 5.85. The van der Waals surface area contributed by atoms with Crippen LogP contribution < -0.4 is 11.1 Å². The van der Waals surface area contributed by atoms with E-state index in [0.717, 1.165) is 24.8 Å². The summed E-state index contributed by atoms with van der Waals surface area (Å²) in [5.41, 5.74) is 7.45. The second-order valence-corrected chi connectivity index (χ2v) is 6.52. The molecule has 0 saturated heterocycles. The number of nitrogens with zero attached hydrogens (tertiary/aromatic N) is 1. The molecule has 2 atom stereocenters. The topological polar surface area (TPSA) is 81.2 Å². The van der Waals surface area contributed by atoms with Gasteiger partial charge >= 0.3 is 0 Å². The lowest BCUT2D eigenvalue weighted by atomic mass is 9.84. The Labute approximate surface area is 167 Å². The number of carbonyl (C=O) groups excluding carboxylic acids is 1. The number of oxazole rings is 1. The lowest BCUT2D eigenvalue weighted by molar-refractivity contribution is -0.121. The van der Waals surface area contributed by atoms with Gasteiger partial charge in [0.2, 0.25) is 11.8 Å². The molecule has 1 aliphatic carbocycles. The average molecular weight is 400 g/mol. The van der Waals surface area contributed by atoms with E-state index in [4.69, 9.17) is 10.2 Å². The second-order valence-electron chi connectivity index (χ2n) is 6.52. The first-order chi connectivity index (χ1) is 11.7. The van der Waals surface area contributed by atoms with Crippen molar-refractivity contribution in [3.05, 3.63) is 41.8 Å². The Bertz CT molecular complexity index is 691. The summed E-state index contributed by atoms with van der Waals surface area (Å²) < 4.78 is 5.72. The molecule has 144 valence electrons. The molecule has 0 spiro atoms. The first-order valence-corrected chi connectivity index (χ1v) is 8.68. The zero-order valence-electron chi connectivity index (χ0n) is 14.9. The molecule has 1 aliphatic rings. The maximum atomic E-state index is 12.4. The highest BCUT2D eigenvalue weighted by atomic mass is 35.5. The Hall–Kier alpha value is -1.56. The van der Waals surface area contributed by atoms with Gasteiger partial charge in [0.15, 0.2) is 0 Å². The zero-order valence-corrected chi connectivity index (χ0v) is 16.6. The standard InChI is InChI=1S/C19H25N3O2.2ClH/c1-13-17(22-19(24-13)14-7-3-2-4-8-14)11-18(23)21-16-10-6-5-9-15(16)12-20;;/h2-4,7-8,15-16H,5-6,9-12,20H2,1H3,(H,21,23);2*1H. The largest absolute Gasteiger partial charge is 0.441 e. The van der Waals surface area contributed by atoms with Crippen LogP contribution in [0.3, 0.4) is 0 Å². The summed E-state index contributed by atoms with van der Waals surface area (Å²) in [6.07, 6.45) is 4.72. The number of amides is 1. The number of nitrogens with two attached hydrogens (primary N) is 1. The summed E-state index contributed by atoms with van der Waals surface area (Å²) in [4.78, 5) is 16.9. The summed E-state index contributed by atoms with van der Waals surface area (Å²) in [5.74, 6) is 1.65. The number of aromatic nitrogens is 1. The van der Waals surface area contributed by atoms with E-state index in [1.165, 1.54) is 6.42 Å². The first-order valence-electron chi connectivity index (χ1n) is 8.68. The van der Waals surface area contributed by atoms with Crippen molar-refractivity contribution in [1.82, 2.24) is 10.3 Å². The quantitative estimate of drug-likeness (QED) is 0.803. The number of hydrogen-bond acceptors (Lipinski definition) is 4. The van der Waals surface area contributed by atoms with Crippen LogP contribution >= 0.6 is 24.8 Å². The van der Waals surface area contributed by atoms with Crippen molar-refractivity contribution in [3.8, 4) is 11.5 Å². The fourth-order valence-corrected chi connectivity index (χ4v) is 3.39. The molecule has 1 aromatic carbocycles. The van der Waals surface area contributed by atoms with E-state index in [1.54, 1.807) is 0 Å². The van der Waals surface area contributed by atoms with Crippen LogP contribution in [0.25, 0.3) is 11.5 Å². The summed E-state index contributed by atoms with van der Waals surface area (Å²) in [6.45, 7) is 2.48. The average Bonchev–Trinajstić information content (AvgIpc) is 2.97. The van der Waals surface area contributed by atoms with Crippen molar-refractivity contribution in [2.45, 2.75) is 45.1 Å². The first kappa shape index (κ1) is 22.5. The van der Waals surface area contributed by atoms with Crippen LogP contribution in [0.2, 0.25) is 0 Å². The fraction of sp³-hybridized carbons (Fsp3) is 0.474. The molecule has 2 aromatic rings. The Morgan fingerprint density at radius 3 is 2.62 bits per heavy atom. The van der Waals surface area contributed by atoms with Crippen molar-refractivity contribution < 1.29 is 9.21 Å². The fourth-order valence-electron chi connectivity index (χ4n) is 3.39. The minimum Gasteiger partial charge on any atom is -0.441 e. The van der Waals surface area contributed by atoms with E-state index in [2.05, 4.69) is 10.3 Å². The van der Waals surface area contributed by atoms with Crippen LogP contribution in [0.5, 0.6) is 0 Å². The molecule has 3 rings (SSSR count). The maximum Gasteiger partial charge on any atom is 0.226 e. The summed E-state index contributed by atoms with van der Waals surface area (Å²) >= 11 is 0. The second kappa shape index (κ2) is 10.6. The number of benzene rings is 1. The van der Waals surface area contributed by atoms with Gasteiger partial charge in [-0.05, 0) is 44.4 Å². The molecule has 7 heteroatoms. The number of carbonyl (C=O) groups is 1. The van der Waals surface area contributed by atoms with Gasteiger partial charge < -0.3 is 15.5 Å². The number of aryl methyl sites for hydroxylation is 1. The van der Waals surface area contributed by atoms with Gasteiger partial charge in [0.05, 0.1) is 12.1 Å². The molecule has 0 radical (unpaired) electrons. The molecule has 2 unspecified atom stereocenters. The van der Waals surface area contributed by atoms with E-state index < -0.39 is 0 Å². The Morgan fingerprint density at radius 2 is 1.92 bits per heavy atom. The van der Waals surface area contributed by atoms with Crippen molar-refractivity contribution in [2.24, 2.45) is 11.7 Å². The van der Waals surface area contributed by atoms with Crippen molar-refractivity contribution in [1.29, 1.82) is 0 Å². The molecular formula is C19H27Cl2N3O2. The minimum atomic E-state index is -0.00337. The lowest BCUT2D eigenvalue weighted by Crippen LogP contribution is -2.45. The summed E-state index contributed by atoms with van der Waals surface area (Å²) in [5, 5.41) is 3.14. The van der Waals surface area contributed by atoms with Gasteiger partial charge in [0.25, 0.3) is 0 Å². The van der Waals surface area contributed by atoms with Gasteiger partial charge in [0, 0.05) is 11.6 Å². The molecule has 0 bridgehead atoms. The van der Waals surface area contributed by atoms with E-state index >= 15 is 0 Å². The zero-order chi connectivity index (χ0) is 16.9. The predicted molar refractivity (Wildman–Crippen MR) is 108 cm³/mol. The van der Waals surface area contributed by atoms with Crippen LogP contribution in [0, 0.1) is 12.8 Å². The van der Waals surface area contributed by atoms with Crippen LogP contribution in [-0.4, -0.2) is 23.5 Å². The van der Waals surface area contributed by atoms with Gasteiger partial charge in [-0.3, -0.25) is 4.79 Å². The number of halogens is 2. The van der Waals surface area contributed by atoms with Crippen molar-refractivity contribution in [2.75, 3.05) is 6.54 Å². The molecule has 0 aliphatic heterocycles. The van der Waals surface area contributed by atoms with E-state index in [1.807, 2.05) is 37.3 Å². The molecule has 1 aromatic heterocycles. The van der Waals surface area contributed by atoms with Crippen LogP contribution in [-0.2, 0) is 11.2 Å². The van der Waals surface area contributed by atoms with Gasteiger partial charge in [-0.25, -0.2) is 4.98 Å². The molecule has 5 nitrogen and oxygen atoms in total. The molecule has 1 saturated carbocycles. The van der Waals surface area contributed by atoms with Gasteiger partial charge in [0.1, 0.15) is 5.76 Å². The van der Waals surface area contributed by atoms with Crippen LogP contribution in [0.1, 0.15) is 37.1 Å². The Kier molecular flexibility index (Phi) is 9.13. The van der Waals surface area contributed by atoms with Crippen LogP contribution in [0.4, 0.5) is 0 Å². The molecule has 1 amide bonds. The Balaban J connectivity index is 0.00000169. The molecule has 1 heterocycles. The van der Waals surface area contributed by atoms with Gasteiger partial charge in [-0.15, -0.1) is 24.8 Å². The van der Waals surface area contributed by atoms with Gasteiger partial charge in [-0.2, -0.15) is 0 Å². The normalized spacial score (nSPS) is 19.2. The van der Waals surface area contributed by atoms with E-state index in [9.17, 15) is 4.79 Å². The van der Waals surface area contributed by atoms with E-state index in [0.29, 0.717) is 29.8 Å². The third kappa shape index (κ3) is 5.47. The maximum absolute atomic E-state index is 12.4. The van der Waals surface area contributed by atoms with Gasteiger partial charge in [-0.1, -0.05) is 31.0 Å². The smallest absolute Gasteiger partial charge is 0.226 e. The molecule has 26 heavy (non-hydrogen) atoms. The highest BCUT2D eigenvalue weighted by Gasteiger charge is 2.26. The molecular weight excluding hydrogens is 373 g/mol.